The molecule has 2 aromatic heterocycles. The fraction of sp³-hybridized carbons (Fsp3) is 0.150. The number of fused-ring (bicyclic) bond motifs is 2. The SMILES string of the molecule is O=C1NCC(c2c[nH]c3ccccc23)NC1c1c[nH]c2cc(Br)ccc12. The molecule has 2 aromatic carbocycles. The molecule has 0 bridgehead atoms. The highest BCUT2D eigenvalue weighted by atomic mass is 79.9. The van der Waals surface area contributed by atoms with Crippen molar-refractivity contribution in [2.75, 3.05) is 6.54 Å². The summed E-state index contributed by atoms with van der Waals surface area (Å²) in [5, 5.41) is 8.84. The van der Waals surface area contributed by atoms with Crippen molar-refractivity contribution >= 4 is 43.6 Å². The normalized spacial score (nSPS) is 20.6. The van der Waals surface area contributed by atoms with Crippen molar-refractivity contribution in [3.05, 3.63) is 70.5 Å². The molecular weight excluding hydrogens is 392 g/mol. The van der Waals surface area contributed by atoms with Crippen molar-refractivity contribution < 1.29 is 4.79 Å². The number of para-hydroxylation sites is 1. The number of aromatic nitrogens is 2. The maximum Gasteiger partial charge on any atom is 0.241 e. The van der Waals surface area contributed by atoms with E-state index in [1.54, 1.807) is 0 Å². The number of carbonyl (C=O) groups is 1. The Morgan fingerprint density at radius 1 is 0.923 bits per heavy atom. The van der Waals surface area contributed by atoms with Crippen LogP contribution >= 0.6 is 15.9 Å². The largest absolute Gasteiger partial charge is 0.361 e. The third-order valence-electron chi connectivity index (χ3n) is 5.09. The molecule has 1 saturated heterocycles. The van der Waals surface area contributed by atoms with Crippen LogP contribution in [-0.2, 0) is 4.79 Å². The molecule has 0 aliphatic carbocycles. The highest BCUT2D eigenvalue weighted by Gasteiger charge is 2.32. The predicted molar refractivity (Wildman–Crippen MR) is 106 cm³/mol. The third-order valence-corrected chi connectivity index (χ3v) is 5.59. The molecule has 1 aliphatic rings. The summed E-state index contributed by atoms with van der Waals surface area (Å²) in [5.41, 5.74) is 4.26. The number of halogens is 1. The molecule has 1 amide bonds. The van der Waals surface area contributed by atoms with Crippen LogP contribution in [0.3, 0.4) is 0 Å². The van der Waals surface area contributed by atoms with Gasteiger partial charge in [0.2, 0.25) is 5.91 Å². The van der Waals surface area contributed by atoms with Gasteiger partial charge in [0, 0.05) is 50.8 Å². The smallest absolute Gasteiger partial charge is 0.241 e. The van der Waals surface area contributed by atoms with E-state index in [9.17, 15) is 4.79 Å². The lowest BCUT2D eigenvalue weighted by atomic mass is 9.98. The Morgan fingerprint density at radius 2 is 1.69 bits per heavy atom. The minimum absolute atomic E-state index is 0.00455. The van der Waals surface area contributed by atoms with Crippen LogP contribution in [0.4, 0.5) is 0 Å². The van der Waals surface area contributed by atoms with Gasteiger partial charge in [-0.3, -0.25) is 10.1 Å². The Morgan fingerprint density at radius 3 is 2.62 bits per heavy atom. The molecule has 4 aromatic rings. The summed E-state index contributed by atoms with van der Waals surface area (Å²) in [6.07, 6.45) is 3.95. The zero-order chi connectivity index (χ0) is 17.7. The molecule has 6 heteroatoms. The third kappa shape index (κ3) is 2.45. The van der Waals surface area contributed by atoms with E-state index in [4.69, 9.17) is 0 Å². The van der Waals surface area contributed by atoms with E-state index >= 15 is 0 Å². The number of H-pyrrole nitrogens is 2. The number of hydrogen-bond acceptors (Lipinski definition) is 2. The summed E-state index contributed by atoms with van der Waals surface area (Å²) in [7, 11) is 0. The van der Waals surface area contributed by atoms with Crippen LogP contribution in [0.25, 0.3) is 21.8 Å². The van der Waals surface area contributed by atoms with E-state index < -0.39 is 6.04 Å². The number of carbonyl (C=O) groups excluding carboxylic acids is 1. The lowest BCUT2D eigenvalue weighted by Crippen LogP contribution is -2.49. The first-order chi connectivity index (χ1) is 12.7. The number of amides is 1. The second kappa shape index (κ2) is 6.00. The molecule has 26 heavy (non-hydrogen) atoms. The van der Waals surface area contributed by atoms with E-state index in [-0.39, 0.29) is 11.9 Å². The summed E-state index contributed by atoms with van der Waals surface area (Å²) in [6, 6.07) is 13.9. The first kappa shape index (κ1) is 15.7. The van der Waals surface area contributed by atoms with Crippen LogP contribution in [0.2, 0.25) is 0 Å². The topological polar surface area (TPSA) is 72.7 Å². The van der Waals surface area contributed by atoms with Crippen molar-refractivity contribution in [3.8, 4) is 0 Å². The van der Waals surface area contributed by atoms with Crippen molar-refractivity contribution in [1.82, 2.24) is 20.6 Å². The summed E-state index contributed by atoms with van der Waals surface area (Å²) in [4.78, 5) is 19.2. The summed E-state index contributed by atoms with van der Waals surface area (Å²) >= 11 is 3.49. The van der Waals surface area contributed by atoms with Gasteiger partial charge in [-0.25, -0.2) is 0 Å². The average molecular weight is 409 g/mol. The minimum Gasteiger partial charge on any atom is -0.361 e. The van der Waals surface area contributed by atoms with Gasteiger partial charge in [-0.15, -0.1) is 0 Å². The number of benzene rings is 2. The number of nitrogens with one attached hydrogen (secondary N) is 4. The molecule has 2 atom stereocenters. The van der Waals surface area contributed by atoms with Gasteiger partial charge in [-0.1, -0.05) is 40.2 Å². The lowest BCUT2D eigenvalue weighted by Gasteiger charge is -2.31. The van der Waals surface area contributed by atoms with Crippen LogP contribution in [0.15, 0.2) is 59.3 Å². The minimum atomic E-state index is -0.391. The maximum absolute atomic E-state index is 12.6. The van der Waals surface area contributed by atoms with Gasteiger partial charge < -0.3 is 15.3 Å². The van der Waals surface area contributed by atoms with E-state index in [2.05, 4.69) is 48.7 Å². The molecule has 130 valence electrons. The number of rotatable bonds is 2. The van der Waals surface area contributed by atoms with Crippen molar-refractivity contribution in [1.29, 1.82) is 0 Å². The highest BCUT2D eigenvalue weighted by molar-refractivity contribution is 9.10. The van der Waals surface area contributed by atoms with Gasteiger partial charge in [0.05, 0.1) is 6.04 Å². The second-order valence-electron chi connectivity index (χ2n) is 6.62. The zero-order valence-corrected chi connectivity index (χ0v) is 15.4. The van der Waals surface area contributed by atoms with Crippen molar-refractivity contribution in [2.45, 2.75) is 12.1 Å². The number of piperazine rings is 1. The Balaban J connectivity index is 1.53. The Hall–Kier alpha value is -2.57. The van der Waals surface area contributed by atoms with Crippen LogP contribution in [0.5, 0.6) is 0 Å². The van der Waals surface area contributed by atoms with Crippen LogP contribution in [0, 0.1) is 0 Å². The second-order valence-corrected chi connectivity index (χ2v) is 7.54. The average Bonchev–Trinajstić information content (AvgIpc) is 3.26. The molecule has 1 aliphatic heterocycles. The fourth-order valence-corrected chi connectivity index (χ4v) is 4.17. The molecule has 0 spiro atoms. The van der Waals surface area contributed by atoms with E-state index in [0.717, 1.165) is 26.5 Å². The predicted octanol–water partition coefficient (Wildman–Crippen LogP) is 3.91. The first-order valence-corrected chi connectivity index (χ1v) is 9.36. The van der Waals surface area contributed by atoms with Gasteiger partial charge in [0.15, 0.2) is 0 Å². The van der Waals surface area contributed by atoms with Gasteiger partial charge in [-0.05, 0) is 23.8 Å². The van der Waals surface area contributed by atoms with Gasteiger partial charge in [0.25, 0.3) is 0 Å². The monoisotopic (exact) mass is 408 g/mol. The van der Waals surface area contributed by atoms with Crippen LogP contribution in [0.1, 0.15) is 23.2 Å². The number of aromatic amines is 2. The Bertz CT molecular complexity index is 1130. The zero-order valence-electron chi connectivity index (χ0n) is 13.8. The molecule has 0 radical (unpaired) electrons. The molecule has 2 unspecified atom stereocenters. The van der Waals surface area contributed by atoms with E-state index in [1.807, 2.05) is 42.7 Å². The summed E-state index contributed by atoms with van der Waals surface area (Å²) < 4.78 is 1.01. The lowest BCUT2D eigenvalue weighted by molar-refractivity contribution is -0.125. The molecule has 3 heterocycles. The Kier molecular flexibility index (Phi) is 3.62. The molecule has 5 rings (SSSR count). The first-order valence-electron chi connectivity index (χ1n) is 8.57. The standard InChI is InChI=1S/C20H17BrN4O/c21-11-5-6-13-15(9-23-17(13)7-11)19-20(26)24-10-18(25-19)14-8-22-16-4-2-1-3-12(14)16/h1-9,18-19,22-23,25H,10H2,(H,24,26). The molecule has 4 N–H and O–H groups in total. The maximum atomic E-state index is 12.6. The van der Waals surface area contributed by atoms with Crippen LogP contribution < -0.4 is 10.6 Å². The summed E-state index contributed by atoms with van der Waals surface area (Å²) in [5.74, 6) is 0.00455. The van der Waals surface area contributed by atoms with Crippen molar-refractivity contribution in [3.63, 3.8) is 0 Å². The Labute approximate surface area is 158 Å². The quantitative estimate of drug-likeness (QED) is 0.405. The van der Waals surface area contributed by atoms with Gasteiger partial charge in [-0.2, -0.15) is 0 Å². The van der Waals surface area contributed by atoms with E-state index in [0.29, 0.717) is 6.54 Å². The van der Waals surface area contributed by atoms with Gasteiger partial charge in [0.1, 0.15) is 6.04 Å². The molecule has 1 fully saturated rings. The molecule has 5 nitrogen and oxygen atoms in total. The van der Waals surface area contributed by atoms with Gasteiger partial charge >= 0.3 is 0 Å². The molecular formula is C20H17BrN4O. The number of hydrogen-bond donors (Lipinski definition) is 4. The fourth-order valence-electron chi connectivity index (χ4n) is 3.81. The van der Waals surface area contributed by atoms with E-state index in [1.165, 1.54) is 10.9 Å². The van der Waals surface area contributed by atoms with Crippen molar-refractivity contribution in [2.24, 2.45) is 0 Å². The molecule has 0 saturated carbocycles. The summed E-state index contributed by atoms with van der Waals surface area (Å²) in [6.45, 7) is 0.574. The highest BCUT2D eigenvalue weighted by Crippen LogP contribution is 2.32. The van der Waals surface area contributed by atoms with Crippen LogP contribution in [-0.4, -0.2) is 22.4 Å².